The van der Waals surface area contributed by atoms with E-state index in [-0.39, 0.29) is 12.4 Å². The van der Waals surface area contributed by atoms with Gasteiger partial charge >= 0.3 is 12.0 Å². The van der Waals surface area contributed by atoms with Gasteiger partial charge in [-0.3, -0.25) is 4.79 Å². The second-order valence-electron chi connectivity index (χ2n) is 8.30. The fourth-order valence-corrected chi connectivity index (χ4v) is 4.10. The van der Waals surface area contributed by atoms with E-state index < -0.39 is 24.1 Å². The van der Waals surface area contributed by atoms with Gasteiger partial charge < -0.3 is 24.8 Å². The quantitative estimate of drug-likeness (QED) is 0.327. The third-order valence-electron chi connectivity index (χ3n) is 5.86. The average Bonchev–Trinajstić information content (AvgIpc) is 2.93. The number of ketones is 1. The zero-order chi connectivity index (χ0) is 26.4. The number of methoxy groups -OCH3 is 1. The van der Waals surface area contributed by atoms with Gasteiger partial charge in [0, 0.05) is 5.56 Å². The second kappa shape index (κ2) is 11.4. The number of hydrogen-bond donors (Lipinski definition) is 2. The minimum atomic E-state index is -0.849. The Morgan fingerprint density at radius 3 is 2.27 bits per heavy atom. The van der Waals surface area contributed by atoms with Crippen LogP contribution in [0.1, 0.15) is 41.4 Å². The zero-order valence-corrected chi connectivity index (χ0v) is 20.8. The number of Topliss-reactive ketones (excluding diaryl/α,β-unsaturated/α-hetero) is 1. The number of urea groups is 1. The zero-order valence-electron chi connectivity index (χ0n) is 20.8. The Kier molecular flexibility index (Phi) is 7.88. The van der Waals surface area contributed by atoms with Crippen LogP contribution in [0.25, 0.3) is 5.70 Å². The number of rotatable bonds is 9. The topological polar surface area (TPSA) is 103 Å². The predicted octanol–water partition coefficient (Wildman–Crippen LogP) is 4.67. The summed E-state index contributed by atoms with van der Waals surface area (Å²) in [6.07, 6.45) is -0.849. The maximum atomic E-state index is 13.8. The molecule has 0 bridgehead atoms. The predicted molar refractivity (Wildman–Crippen MR) is 138 cm³/mol. The SMILES string of the molecule is CCOC(=O)[C@@H](C)Oc1ccc([C@H]2NC(=O)NC(c3ccccc3)=C2C(=O)c2ccccc2)cc1OC. The van der Waals surface area contributed by atoms with Gasteiger partial charge in [-0.1, -0.05) is 66.7 Å². The third kappa shape index (κ3) is 5.64. The molecule has 0 spiro atoms. The van der Waals surface area contributed by atoms with Crippen molar-refractivity contribution in [3.05, 3.63) is 101 Å². The lowest BCUT2D eigenvalue weighted by molar-refractivity contribution is -0.150. The van der Waals surface area contributed by atoms with Crippen LogP contribution in [-0.4, -0.2) is 37.6 Å². The van der Waals surface area contributed by atoms with Crippen LogP contribution < -0.4 is 20.1 Å². The molecule has 0 unspecified atom stereocenters. The molecule has 1 heterocycles. The first kappa shape index (κ1) is 25.5. The third-order valence-corrected chi connectivity index (χ3v) is 5.86. The molecule has 1 aliphatic heterocycles. The number of nitrogens with one attached hydrogen (secondary N) is 2. The normalized spacial score (nSPS) is 15.8. The maximum absolute atomic E-state index is 13.8. The highest BCUT2D eigenvalue weighted by molar-refractivity contribution is 6.16. The van der Waals surface area contributed by atoms with E-state index >= 15 is 0 Å². The summed E-state index contributed by atoms with van der Waals surface area (Å²) in [6, 6.07) is 22.0. The Morgan fingerprint density at radius 2 is 1.62 bits per heavy atom. The first-order valence-electron chi connectivity index (χ1n) is 11.9. The molecule has 8 nitrogen and oxygen atoms in total. The van der Waals surface area contributed by atoms with Gasteiger partial charge in [-0.2, -0.15) is 0 Å². The molecule has 0 aromatic heterocycles. The summed E-state index contributed by atoms with van der Waals surface area (Å²) >= 11 is 0. The number of carbonyl (C=O) groups excluding carboxylic acids is 3. The molecule has 2 amide bonds. The van der Waals surface area contributed by atoms with E-state index in [1.807, 2.05) is 36.4 Å². The molecule has 1 aliphatic rings. The monoisotopic (exact) mass is 500 g/mol. The van der Waals surface area contributed by atoms with Crippen molar-refractivity contribution < 1.29 is 28.6 Å². The van der Waals surface area contributed by atoms with E-state index in [0.717, 1.165) is 0 Å². The molecule has 8 heteroatoms. The Balaban J connectivity index is 1.80. The lowest BCUT2D eigenvalue weighted by atomic mass is 9.87. The van der Waals surface area contributed by atoms with Crippen molar-refractivity contribution in [1.29, 1.82) is 0 Å². The molecule has 3 aromatic carbocycles. The molecular formula is C29H28N2O6. The van der Waals surface area contributed by atoms with Gasteiger partial charge in [0.2, 0.25) is 0 Å². The number of benzene rings is 3. The lowest BCUT2D eigenvalue weighted by Gasteiger charge is -2.30. The fourth-order valence-electron chi connectivity index (χ4n) is 4.10. The van der Waals surface area contributed by atoms with Gasteiger partial charge in [0.1, 0.15) is 0 Å². The largest absolute Gasteiger partial charge is 0.493 e. The van der Waals surface area contributed by atoms with Crippen LogP contribution in [0.2, 0.25) is 0 Å². The van der Waals surface area contributed by atoms with Crippen molar-refractivity contribution in [1.82, 2.24) is 10.6 Å². The van der Waals surface area contributed by atoms with E-state index in [1.165, 1.54) is 7.11 Å². The van der Waals surface area contributed by atoms with Gasteiger partial charge in [0.15, 0.2) is 23.4 Å². The summed E-state index contributed by atoms with van der Waals surface area (Å²) in [7, 11) is 1.48. The second-order valence-corrected chi connectivity index (χ2v) is 8.30. The first-order valence-corrected chi connectivity index (χ1v) is 11.9. The van der Waals surface area contributed by atoms with Crippen LogP contribution in [-0.2, 0) is 9.53 Å². The summed E-state index contributed by atoms with van der Waals surface area (Å²) in [4.78, 5) is 38.6. The van der Waals surface area contributed by atoms with Crippen molar-refractivity contribution in [2.24, 2.45) is 0 Å². The summed E-state index contributed by atoms with van der Waals surface area (Å²) in [6.45, 7) is 3.55. The average molecular weight is 501 g/mol. The molecule has 2 N–H and O–H groups in total. The number of amides is 2. The van der Waals surface area contributed by atoms with Crippen molar-refractivity contribution in [2.45, 2.75) is 26.0 Å². The molecule has 4 rings (SSSR count). The van der Waals surface area contributed by atoms with E-state index in [4.69, 9.17) is 14.2 Å². The first-order chi connectivity index (χ1) is 17.9. The van der Waals surface area contributed by atoms with Gasteiger partial charge in [0.25, 0.3) is 0 Å². The van der Waals surface area contributed by atoms with Gasteiger partial charge in [-0.25, -0.2) is 9.59 Å². The van der Waals surface area contributed by atoms with Crippen molar-refractivity contribution >= 4 is 23.5 Å². The molecule has 0 radical (unpaired) electrons. The number of ether oxygens (including phenoxy) is 3. The van der Waals surface area contributed by atoms with Crippen LogP contribution in [0.15, 0.2) is 84.4 Å². The van der Waals surface area contributed by atoms with Crippen molar-refractivity contribution in [3.63, 3.8) is 0 Å². The summed E-state index contributed by atoms with van der Waals surface area (Å²) in [5.74, 6) is -0.0536. The highest BCUT2D eigenvalue weighted by Crippen LogP contribution is 2.37. The Bertz CT molecular complexity index is 1320. The fraction of sp³-hybridized carbons (Fsp3) is 0.207. The summed E-state index contributed by atoms with van der Waals surface area (Å²) < 4.78 is 16.3. The Hall–Kier alpha value is -4.59. The van der Waals surface area contributed by atoms with Crippen LogP contribution in [0, 0.1) is 0 Å². The molecule has 0 saturated carbocycles. The molecule has 2 atom stereocenters. The lowest BCUT2D eigenvalue weighted by Crippen LogP contribution is -2.45. The van der Waals surface area contributed by atoms with Crippen molar-refractivity contribution in [2.75, 3.05) is 13.7 Å². The summed E-state index contributed by atoms with van der Waals surface area (Å²) in [5.41, 5.74) is 2.61. The van der Waals surface area contributed by atoms with E-state index in [9.17, 15) is 14.4 Å². The molecule has 37 heavy (non-hydrogen) atoms. The van der Waals surface area contributed by atoms with Crippen LogP contribution in [0.5, 0.6) is 11.5 Å². The van der Waals surface area contributed by atoms with E-state index in [1.54, 1.807) is 56.3 Å². The van der Waals surface area contributed by atoms with E-state index in [2.05, 4.69) is 10.6 Å². The number of carbonyl (C=O) groups is 3. The smallest absolute Gasteiger partial charge is 0.347 e. The minimum absolute atomic E-state index is 0.229. The standard InChI is InChI=1S/C29H28N2O6/c1-4-36-28(33)18(2)37-22-16-15-21(17-23(22)35-3)26-24(27(32)20-13-9-6-10-14-20)25(30-29(34)31-26)19-11-7-5-8-12-19/h5-18,26H,4H2,1-3H3,(H2,30,31,34)/t18-,26-/m1/s1. The van der Waals surface area contributed by atoms with Crippen LogP contribution in [0.4, 0.5) is 4.79 Å². The maximum Gasteiger partial charge on any atom is 0.347 e. The number of esters is 1. The Labute approximate surface area is 215 Å². The van der Waals surface area contributed by atoms with E-state index in [0.29, 0.717) is 39.5 Å². The summed E-state index contributed by atoms with van der Waals surface area (Å²) in [5, 5.41) is 5.71. The molecule has 0 fully saturated rings. The number of hydrogen-bond acceptors (Lipinski definition) is 6. The molecule has 190 valence electrons. The highest BCUT2D eigenvalue weighted by Gasteiger charge is 2.34. The minimum Gasteiger partial charge on any atom is -0.493 e. The van der Waals surface area contributed by atoms with Gasteiger partial charge in [-0.15, -0.1) is 0 Å². The van der Waals surface area contributed by atoms with Gasteiger partial charge in [0.05, 0.1) is 31.0 Å². The molecule has 0 aliphatic carbocycles. The highest BCUT2D eigenvalue weighted by atomic mass is 16.6. The van der Waals surface area contributed by atoms with Crippen LogP contribution >= 0.6 is 0 Å². The Morgan fingerprint density at radius 1 is 0.946 bits per heavy atom. The van der Waals surface area contributed by atoms with Crippen LogP contribution in [0.3, 0.4) is 0 Å². The van der Waals surface area contributed by atoms with Crippen molar-refractivity contribution in [3.8, 4) is 11.5 Å². The molecule has 0 saturated heterocycles. The molecular weight excluding hydrogens is 472 g/mol. The molecule has 3 aromatic rings. The van der Waals surface area contributed by atoms with Gasteiger partial charge in [-0.05, 0) is 37.1 Å².